The SMILES string of the molecule is COc1cc(C(=O)O)ccc1OCCCN1CCC(C(O)(c2ccc(F)cc2)c2ccc(F)cc2)CC1. The number of carboxylic acids is 1. The Morgan fingerprint density at radius 1 is 0.946 bits per heavy atom. The maximum Gasteiger partial charge on any atom is 0.335 e. The molecule has 1 aliphatic rings. The van der Waals surface area contributed by atoms with Gasteiger partial charge in [0.1, 0.15) is 17.2 Å². The fourth-order valence-corrected chi connectivity index (χ4v) is 5.01. The molecule has 196 valence electrons. The number of benzene rings is 3. The van der Waals surface area contributed by atoms with Gasteiger partial charge in [-0.25, -0.2) is 13.6 Å². The number of piperidine rings is 1. The van der Waals surface area contributed by atoms with Gasteiger partial charge in [-0.15, -0.1) is 0 Å². The van der Waals surface area contributed by atoms with Crippen molar-refractivity contribution in [1.29, 1.82) is 0 Å². The Hall–Kier alpha value is -3.49. The highest BCUT2D eigenvalue weighted by atomic mass is 19.1. The topological polar surface area (TPSA) is 79.2 Å². The van der Waals surface area contributed by atoms with E-state index in [0.29, 0.717) is 29.2 Å². The summed E-state index contributed by atoms with van der Waals surface area (Å²) in [7, 11) is 1.47. The van der Waals surface area contributed by atoms with Gasteiger partial charge in [0.15, 0.2) is 11.5 Å². The van der Waals surface area contributed by atoms with Gasteiger partial charge < -0.3 is 24.6 Å². The zero-order chi connectivity index (χ0) is 26.4. The number of rotatable bonds is 10. The number of halogens is 2. The summed E-state index contributed by atoms with van der Waals surface area (Å²) >= 11 is 0. The summed E-state index contributed by atoms with van der Waals surface area (Å²) in [6.45, 7) is 2.78. The first-order chi connectivity index (χ1) is 17.8. The van der Waals surface area contributed by atoms with E-state index in [1.807, 2.05) is 0 Å². The number of likely N-dealkylation sites (tertiary alicyclic amines) is 1. The van der Waals surface area contributed by atoms with Crippen LogP contribution >= 0.6 is 0 Å². The lowest BCUT2D eigenvalue weighted by Crippen LogP contribution is -2.44. The molecular formula is C29H31F2NO5. The minimum Gasteiger partial charge on any atom is -0.493 e. The second-order valence-electron chi connectivity index (χ2n) is 9.27. The average Bonchev–Trinajstić information content (AvgIpc) is 2.91. The molecule has 3 aromatic carbocycles. The Kier molecular flexibility index (Phi) is 8.41. The molecule has 37 heavy (non-hydrogen) atoms. The molecular weight excluding hydrogens is 480 g/mol. The summed E-state index contributed by atoms with van der Waals surface area (Å²) in [6, 6.07) is 16.2. The minimum absolute atomic E-state index is 0.118. The van der Waals surface area contributed by atoms with Gasteiger partial charge in [-0.2, -0.15) is 0 Å². The van der Waals surface area contributed by atoms with Crippen molar-refractivity contribution in [2.24, 2.45) is 5.92 Å². The standard InChI is InChI=1S/C29H31F2NO5/c1-36-27-19-20(28(33)34)3-12-26(27)37-18-2-15-32-16-13-23(14-17-32)29(35,21-4-8-24(30)9-5-21)22-6-10-25(31)11-7-22/h3-12,19,23,35H,2,13-18H2,1H3,(H,33,34). The van der Waals surface area contributed by atoms with Gasteiger partial charge in [0.05, 0.1) is 19.3 Å². The molecule has 0 radical (unpaired) electrons. The van der Waals surface area contributed by atoms with Crippen LogP contribution < -0.4 is 9.47 Å². The predicted octanol–water partition coefficient (Wildman–Crippen LogP) is 5.09. The summed E-state index contributed by atoms with van der Waals surface area (Å²) in [6.07, 6.45) is 2.20. The second kappa shape index (κ2) is 11.7. The van der Waals surface area contributed by atoms with Crippen LogP contribution in [0.4, 0.5) is 8.78 Å². The van der Waals surface area contributed by atoms with Crippen LogP contribution in [-0.2, 0) is 5.60 Å². The number of hydrogen-bond donors (Lipinski definition) is 2. The van der Waals surface area contributed by atoms with E-state index in [9.17, 15) is 18.7 Å². The van der Waals surface area contributed by atoms with Gasteiger partial charge >= 0.3 is 5.97 Å². The van der Waals surface area contributed by atoms with Gasteiger partial charge in [-0.3, -0.25) is 0 Å². The lowest BCUT2D eigenvalue weighted by molar-refractivity contribution is -0.0147. The molecule has 4 rings (SSSR count). The van der Waals surface area contributed by atoms with Crippen LogP contribution in [0.25, 0.3) is 0 Å². The number of hydrogen-bond acceptors (Lipinski definition) is 5. The normalized spacial score (nSPS) is 14.9. The molecule has 0 spiro atoms. The monoisotopic (exact) mass is 511 g/mol. The third-order valence-electron chi connectivity index (χ3n) is 7.03. The number of carbonyl (C=O) groups is 1. The van der Waals surface area contributed by atoms with Crippen LogP contribution in [0.2, 0.25) is 0 Å². The molecule has 3 aromatic rings. The summed E-state index contributed by atoms with van der Waals surface area (Å²) in [5.41, 5.74) is -0.0336. The lowest BCUT2D eigenvalue weighted by atomic mass is 9.72. The van der Waals surface area contributed by atoms with Crippen LogP contribution in [0.3, 0.4) is 0 Å². The molecule has 8 heteroatoms. The fraction of sp³-hybridized carbons (Fsp3) is 0.345. The van der Waals surface area contributed by atoms with E-state index in [4.69, 9.17) is 14.6 Å². The first kappa shape index (κ1) is 26.6. The molecule has 1 fully saturated rings. The highest BCUT2D eigenvalue weighted by molar-refractivity contribution is 5.88. The third kappa shape index (κ3) is 6.09. The molecule has 1 heterocycles. The first-order valence-electron chi connectivity index (χ1n) is 12.3. The molecule has 0 unspecified atom stereocenters. The van der Waals surface area contributed by atoms with Gasteiger partial charge in [-0.05, 0) is 91.9 Å². The molecule has 1 saturated heterocycles. The Labute approximate surface area is 215 Å². The van der Waals surface area contributed by atoms with Crippen LogP contribution in [0.15, 0.2) is 66.7 Å². The van der Waals surface area contributed by atoms with Crippen molar-refractivity contribution in [1.82, 2.24) is 4.90 Å². The molecule has 0 atom stereocenters. The van der Waals surface area contributed by atoms with Gasteiger partial charge in [0.25, 0.3) is 0 Å². The molecule has 0 aromatic heterocycles. The summed E-state index contributed by atoms with van der Waals surface area (Å²) in [5, 5.41) is 21.1. The number of aliphatic hydroxyl groups is 1. The molecule has 1 aliphatic heterocycles. The molecule has 0 bridgehead atoms. The van der Waals surface area contributed by atoms with Crippen LogP contribution in [0, 0.1) is 17.6 Å². The molecule has 6 nitrogen and oxygen atoms in total. The predicted molar refractivity (Wildman–Crippen MR) is 135 cm³/mol. The summed E-state index contributed by atoms with van der Waals surface area (Å²) in [5.74, 6) is -1.03. The average molecular weight is 512 g/mol. The van der Waals surface area contributed by atoms with E-state index in [2.05, 4.69) is 4.90 Å². The van der Waals surface area contributed by atoms with E-state index in [1.54, 1.807) is 30.3 Å². The van der Waals surface area contributed by atoms with Crippen molar-refractivity contribution in [3.63, 3.8) is 0 Å². The maximum atomic E-state index is 13.6. The third-order valence-corrected chi connectivity index (χ3v) is 7.03. The minimum atomic E-state index is -1.35. The summed E-state index contributed by atoms with van der Waals surface area (Å²) < 4.78 is 38.3. The van der Waals surface area contributed by atoms with E-state index >= 15 is 0 Å². The van der Waals surface area contributed by atoms with Gasteiger partial charge in [-0.1, -0.05) is 24.3 Å². The Bertz CT molecular complexity index is 1150. The number of carboxylic acid groups (broad SMARTS) is 1. The largest absolute Gasteiger partial charge is 0.493 e. The Balaban J connectivity index is 1.35. The number of nitrogens with zero attached hydrogens (tertiary/aromatic N) is 1. The van der Waals surface area contributed by atoms with Crippen molar-refractivity contribution in [3.8, 4) is 11.5 Å². The van der Waals surface area contributed by atoms with E-state index in [0.717, 1.165) is 38.9 Å². The van der Waals surface area contributed by atoms with Crippen LogP contribution in [0.1, 0.15) is 40.7 Å². The van der Waals surface area contributed by atoms with Crippen LogP contribution in [-0.4, -0.2) is 54.4 Å². The highest BCUT2D eigenvalue weighted by Crippen LogP contribution is 2.42. The van der Waals surface area contributed by atoms with Crippen molar-refractivity contribution in [3.05, 3.63) is 95.1 Å². The molecule has 0 aliphatic carbocycles. The van der Waals surface area contributed by atoms with Crippen molar-refractivity contribution < 1.29 is 33.3 Å². The number of aromatic carboxylic acids is 1. The fourth-order valence-electron chi connectivity index (χ4n) is 5.01. The van der Waals surface area contributed by atoms with E-state index < -0.39 is 11.6 Å². The zero-order valence-corrected chi connectivity index (χ0v) is 20.7. The van der Waals surface area contributed by atoms with Crippen molar-refractivity contribution in [2.45, 2.75) is 24.9 Å². The van der Waals surface area contributed by atoms with E-state index in [-0.39, 0.29) is 23.1 Å². The maximum absolute atomic E-state index is 13.6. The quantitative estimate of drug-likeness (QED) is 0.369. The van der Waals surface area contributed by atoms with Gasteiger partial charge in [0, 0.05) is 6.54 Å². The lowest BCUT2D eigenvalue weighted by Gasteiger charge is -2.42. The van der Waals surface area contributed by atoms with Gasteiger partial charge in [0.2, 0.25) is 0 Å². The Morgan fingerprint density at radius 2 is 1.51 bits per heavy atom. The Morgan fingerprint density at radius 3 is 2.03 bits per heavy atom. The van der Waals surface area contributed by atoms with Crippen molar-refractivity contribution >= 4 is 5.97 Å². The second-order valence-corrected chi connectivity index (χ2v) is 9.27. The molecule has 0 saturated carbocycles. The summed E-state index contributed by atoms with van der Waals surface area (Å²) in [4.78, 5) is 13.4. The molecule has 0 amide bonds. The number of methoxy groups -OCH3 is 1. The van der Waals surface area contributed by atoms with Crippen molar-refractivity contribution in [2.75, 3.05) is 33.4 Å². The number of ether oxygens (including phenoxy) is 2. The zero-order valence-electron chi connectivity index (χ0n) is 20.7. The van der Waals surface area contributed by atoms with E-state index in [1.165, 1.54) is 43.5 Å². The first-order valence-corrected chi connectivity index (χ1v) is 12.3. The van der Waals surface area contributed by atoms with Crippen LogP contribution in [0.5, 0.6) is 11.5 Å². The highest BCUT2D eigenvalue weighted by Gasteiger charge is 2.41. The smallest absolute Gasteiger partial charge is 0.335 e. The molecule has 2 N–H and O–H groups in total.